The van der Waals surface area contributed by atoms with E-state index in [1.54, 1.807) is 24.5 Å². The number of pyridine rings is 1. The molecule has 0 bridgehead atoms. The van der Waals surface area contributed by atoms with E-state index >= 15 is 0 Å². The predicted octanol–water partition coefficient (Wildman–Crippen LogP) is 3.93. The molecule has 1 atom stereocenters. The van der Waals surface area contributed by atoms with E-state index in [4.69, 9.17) is 0 Å². The van der Waals surface area contributed by atoms with Gasteiger partial charge in [-0.15, -0.1) is 11.3 Å². The summed E-state index contributed by atoms with van der Waals surface area (Å²) in [6.07, 6.45) is 3.37. The number of benzene rings is 1. The van der Waals surface area contributed by atoms with Crippen LogP contribution in [0.25, 0.3) is 10.1 Å². The number of thiophene rings is 1. The highest BCUT2D eigenvalue weighted by Crippen LogP contribution is 2.28. The molecule has 0 unspecified atom stereocenters. The number of aromatic nitrogens is 1. The van der Waals surface area contributed by atoms with Gasteiger partial charge >= 0.3 is 0 Å². The number of fused-ring (bicyclic) bond motifs is 1. The molecule has 0 spiro atoms. The maximum Gasteiger partial charge on any atom is 0.261 e. The van der Waals surface area contributed by atoms with Gasteiger partial charge in [0.25, 0.3) is 5.91 Å². The first-order valence-corrected chi connectivity index (χ1v) is 7.35. The van der Waals surface area contributed by atoms with Crippen molar-refractivity contribution in [3.05, 3.63) is 65.0 Å². The largest absolute Gasteiger partial charge is 0.345 e. The summed E-state index contributed by atoms with van der Waals surface area (Å²) in [7, 11) is 0. The molecule has 3 nitrogen and oxygen atoms in total. The Labute approximate surface area is 125 Å². The maximum atomic E-state index is 13.7. The predicted molar refractivity (Wildman–Crippen MR) is 81.9 cm³/mol. The highest BCUT2D eigenvalue weighted by atomic mass is 32.1. The topological polar surface area (TPSA) is 42.0 Å². The van der Waals surface area contributed by atoms with Gasteiger partial charge in [-0.05, 0) is 42.8 Å². The number of amides is 1. The molecule has 0 saturated heterocycles. The van der Waals surface area contributed by atoms with Crippen LogP contribution >= 0.6 is 11.3 Å². The van der Waals surface area contributed by atoms with Gasteiger partial charge in [0.15, 0.2) is 0 Å². The maximum absolute atomic E-state index is 13.7. The van der Waals surface area contributed by atoms with Crippen LogP contribution in [-0.4, -0.2) is 10.9 Å². The van der Waals surface area contributed by atoms with E-state index < -0.39 is 0 Å². The van der Waals surface area contributed by atoms with E-state index in [9.17, 15) is 9.18 Å². The highest BCUT2D eigenvalue weighted by molar-refractivity contribution is 7.20. The lowest BCUT2D eigenvalue weighted by Gasteiger charge is -2.13. The van der Waals surface area contributed by atoms with Crippen LogP contribution in [0.2, 0.25) is 0 Å². The minimum Gasteiger partial charge on any atom is -0.345 e. The molecule has 0 fully saturated rings. The quantitative estimate of drug-likeness (QED) is 0.796. The molecule has 2 heterocycles. The number of hydrogen-bond acceptors (Lipinski definition) is 3. The van der Waals surface area contributed by atoms with Crippen molar-refractivity contribution in [1.29, 1.82) is 0 Å². The summed E-state index contributed by atoms with van der Waals surface area (Å²) in [5.41, 5.74) is 0.977. The molecule has 5 heteroatoms. The van der Waals surface area contributed by atoms with E-state index in [-0.39, 0.29) is 17.8 Å². The van der Waals surface area contributed by atoms with Gasteiger partial charge in [0.1, 0.15) is 5.82 Å². The van der Waals surface area contributed by atoms with E-state index in [1.807, 2.05) is 25.1 Å². The number of carbonyl (C=O) groups excluding carboxylic acids is 1. The van der Waals surface area contributed by atoms with Crippen molar-refractivity contribution in [2.24, 2.45) is 0 Å². The molecule has 106 valence electrons. The van der Waals surface area contributed by atoms with Gasteiger partial charge in [-0.1, -0.05) is 6.07 Å². The van der Waals surface area contributed by atoms with Gasteiger partial charge in [0.05, 0.1) is 10.9 Å². The van der Waals surface area contributed by atoms with Gasteiger partial charge in [-0.3, -0.25) is 9.78 Å². The lowest BCUT2D eigenvalue weighted by atomic mass is 10.1. The number of nitrogens with zero attached hydrogens (tertiary/aromatic N) is 1. The lowest BCUT2D eigenvalue weighted by molar-refractivity contribution is 0.0944. The van der Waals surface area contributed by atoms with E-state index in [0.717, 1.165) is 10.3 Å². The molecule has 0 saturated carbocycles. The van der Waals surface area contributed by atoms with Crippen LogP contribution in [0.1, 0.15) is 28.2 Å². The average molecular weight is 300 g/mol. The van der Waals surface area contributed by atoms with E-state index in [1.165, 1.54) is 17.4 Å². The summed E-state index contributed by atoms with van der Waals surface area (Å²) >= 11 is 1.29. The molecule has 3 aromatic rings. The molecule has 0 aliphatic rings. The zero-order chi connectivity index (χ0) is 14.8. The van der Waals surface area contributed by atoms with E-state index in [0.29, 0.717) is 10.3 Å². The number of halogens is 1. The van der Waals surface area contributed by atoms with E-state index in [2.05, 4.69) is 10.3 Å². The first-order valence-electron chi connectivity index (χ1n) is 6.54. The summed E-state index contributed by atoms with van der Waals surface area (Å²) in [4.78, 5) is 16.7. The molecule has 0 radical (unpaired) electrons. The molecule has 1 amide bonds. The van der Waals surface area contributed by atoms with Crippen molar-refractivity contribution >= 4 is 27.3 Å². The zero-order valence-electron chi connectivity index (χ0n) is 11.3. The Morgan fingerprint density at radius 2 is 2.05 bits per heavy atom. The van der Waals surface area contributed by atoms with Gasteiger partial charge < -0.3 is 5.32 Å². The molecule has 21 heavy (non-hydrogen) atoms. The van der Waals surface area contributed by atoms with Crippen molar-refractivity contribution in [2.45, 2.75) is 13.0 Å². The lowest BCUT2D eigenvalue weighted by Crippen LogP contribution is -2.25. The van der Waals surface area contributed by atoms with Crippen molar-refractivity contribution < 1.29 is 9.18 Å². The summed E-state index contributed by atoms with van der Waals surface area (Å²) in [5.74, 6) is -0.495. The van der Waals surface area contributed by atoms with Crippen LogP contribution in [0.3, 0.4) is 0 Å². The second-order valence-electron chi connectivity index (χ2n) is 4.74. The van der Waals surface area contributed by atoms with Crippen molar-refractivity contribution in [1.82, 2.24) is 10.3 Å². The Hall–Kier alpha value is -2.27. The molecule has 2 aromatic heterocycles. The standard InChI is InChI=1S/C16H13FN2OS/c1-10(11-5-7-18-8-6-11)19-16(20)15-9-12-13(17)3-2-4-14(12)21-15/h2-10H,1H3,(H,19,20)/t10-/m0/s1. The average Bonchev–Trinajstić information content (AvgIpc) is 2.94. The second-order valence-corrected chi connectivity index (χ2v) is 5.82. The van der Waals surface area contributed by atoms with Crippen molar-refractivity contribution in [2.75, 3.05) is 0 Å². The first kappa shape index (κ1) is 13.7. The number of nitrogens with one attached hydrogen (secondary N) is 1. The summed E-state index contributed by atoms with van der Waals surface area (Å²) < 4.78 is 14.4. The van der Waals surface area contributed by atoms with Crippen LogP contribution in [0, 0.1) is 5.82 Å². The van der Waals surface area contributed by atoms with Crippen LogP contribution in [-0.2, 0) is 0 Å². The second kappa shape index (κ2) is 5.61. The monoisotopic (exact) mass is 300 g/mol. The molecule has 0 aliphatic heterocycles. The van der Waals surface area contributed by atoms with Gasteiger partial charge in [-0.2, -0.15) is 0 Å². The zero-order valence-corrected chi connectivity index (χ0v) is 12.2. The van der Waals surface area contributed by atoms with Gasteiger partial charge in [0.2, 0.25) is 0 Å². The Morgan fingerprint density at radius 3 is 2.76 bits per heavy atom. The fourth-order valence-corrected chi connectivity index (χ4v) is 3.12. The SMILES string of the molecule is C[C@H](NC(=O)c1cc2c(F)cccc2s1)c1ccncc1. The molecular weight excluding hydrogens is 287 g/mol. The minimum absolute atomic E-state index is 0.129. The fraction of sp³-hybridized carbons (Fsp3) is 0.125. The van der Waals surface area contributed by atoms with Crippen LogP contribution in [0.15, 0.2) is 48.8 Å². The summed E-state index contributed by atoms with van der Waals surface area (Å²) in [5, 5.41) is 3.40. The summed E-state index contributed by atoms with van der Waals surface area (Å²) in [6, 6.07) is 10.0. The first-order chi connectivity index (χ1) is 10.1. The van der Waals surface area contributed by atoms with Crippen LogP contribution in [0.4, 0.5) is 4.39 Å². The molecule has 3 rings (SSSR count). The Bertz CT molecular complexity index is 785. The molecule has 1 N–H and O–H groups in total. The van der Waals surface area contributed by atoms with Crippen molar-refractivity contribution in [3.8, 4) is 0 Å². The van der Waals surface area contributed by atoms with Gasteiger partial charge in [-0.25, -0.2) is 4.39 Å². The van der Waals surface area contributed by atoms with Crippen LogP contribution in [0.5, 0.6) is 0 Å². The molecule has 0 aliphatic carbocycles. The number of hydrogen-bond donors (Lipinski definition) is 1. The van der Waals surface area contributed by atoms with Crippen LogP contribution < -0.4 is 5.32 Å². The number of rotatable bonds is 3. The Balaban J connectivity index is 1.82. The third-order valence-corrected chi connectivity index (χ3v) is 4.38. The third-order valence-electron chi connectivity index (χ3n) is 3.29. The minimum atomic E-state index is -0.301. The Morgan fingerprint density at radius 1 is 1.29 bits per heavy atom. The highest BCUT2D eigenvalue weighted by Gasteiger charge is 2.15. The van der Waals surface area contributed by atoms with Gasteiger partial charge in [0, 0.05) is 22.5 Å². The molecular formula is C16H13FN2OS. The molecule has 1 aromatic carbocycles. The smallest absolute Gasteiger partial charge is 0.261 e. The fourth-order valence-electron chi connectivity index (χ4n) is 2.14. The Kier molecular flexibility index (Phi) is 3.66. The number of carbonyl (C=O) groups is 1. The van der Waals surface area contributed by atoms with Crippen molar-refractivity contribution in [3.63, 3.8) is 0 Å². The summed E-state index contributed by atoms with van der Waals surface area (Å²) in [6.45, 7) is 1.90. The third kappa shape index (κ3) is 2.78. The normalized spacial score (nSPS) is 12.3.